The summed E-state index contributed by atoms with van der Waals surface area (Å²) in [5, 5.41) is 3.42. The van der Waals surface area contributed by atoms with Crippen molar-refractivity contribution >= 4 is 0 Å². The molecule has 0 amide bonds. The van der Waals surface area contributed by atoms with Gasteiger partial charge in [-0.15, -0.1) is 0 Å². The SMILES string of the molecule is CCNCCCC(C)N1CCC(Cc2ccccc2)CC1. The molecule has 1 unspecified atom stereocenters. The monoisotopic (exact) mass is 288 g/mol. The maximum Gasteiger partial charge on any atom is 0.00674 e. The molecule has 0 aliphatic carbocycles. The zero-order valence-corrected chi connectivity index (χ0v) is 13.9. The molecule has 2 heteroatoms. The zero-order valence-electron chi connectivity index (χ0n) is 13.9. The van der Waals surface area contributed by atoms with Crippen molar-refractivity contribution in [3.63, 3.8) is 0 Å². The first-order chi connectivity index (χ1) is 10.3. The minimum atomic E-state index is 0.751. The summed E-state index contributed by atoms with van der Waals surface area (Å²) in [5.74, 6) is 0.887. The van der Waals surface area contributed by atoms with E-state index in [0.29, 0.717) is 0 Å². The van der Waals surface area contributed by atoms with Crippen molar-refractivity contribution < 1.29 is 0 Å². The van der Waals surface area contributed by atoms with E-state index < -0.39 is 0 Å². The molecule has 1 N–H and O–H groups in total. The number of likely N-dealkylation sites (tertiary alicyclic amines) is 1. The predicted molar refractivity (Wildman–Crippen MR) is 91.7 cm³/mol. The number of hydrogen-bond acceptors (Lipinski definition) is 2. The Morgan fingerprint density at radius 3 is 2.57 bits per heavy atom. The molecule has 1 aliphatic heterocycles. The average molecular weight is 288 g/mol. The van der Waals surface area contributed by atoms with E-state index in [2.05, 4.69) is 54.4 Å². The number of hydrogen-bond donors (Lipinski definition) is 1. The van der Waals surface area contributed by atoms with E-state index in [4.69, 9.17) is 0 Å². The van der Waals surface area contributed by atoms with Crippen molar-refractivity contribution in [2.45, 2.75) is 52.0 Å². The van der Waals surface area contributed by atoms with Crippen LogP contribution in [0.3, 0.4) is 0 Å². The lowest BCUT2D eigenvalue weighted by molar-refractivity contribution is 0.134. The average Bonchev–Trinajstić information content (AvgIpc) is 2.53. The van der Waals surface area contributed by atoms with E-state index in [1.54, 1.807) is 0 Å². The summed E-state index contributed by atoms with van der Waals surface area (Å²) in [6.45, 7) is 9.44. The van der Waals surface area contributed by atoms with Crippen molar-refractivity contribution in [1.29, 1.82) is 0 Å². The van der Waals surface area contributed by atoms with Crippen molar-refractivity contribution in [2.75, 3.05) is 26.2 Å². The van der Waals surface area contributed by atoms with Crippen LogP contribution in [0.15, 0.2) is 30.3 Å². The normalized spacial score (nSPS) is 18.8. The summed E-state index contributed by atoms with van der Waals surface area (Å²) in [5.41, 5.74) is 1.51. The summed E-state index contributed by atoms with van der Waals surface area (Å²) < 4.78 is 0. The molecule has 1 aliphatic rings. The third-order valence-electron chi connectivity index (χ3n) is 4.87. The van der Waals surface area contributed by atoms with Gasteiger partial charge >= 0.3 is 0 Å². The fraction of sp³-hybridized carbons (Fsp3) is 0.684. The summed E-state index contributed by atoms with van der Waals surface area (Å²) in [6, 6.07) is 11.7. The Bertz CT molecular complexity index is 368. The van der Waals surface area contributed by atoms with E-state index in [1.165, 1.54) is 57.3 Å². The molecule has 118 valence electrons. The fourth-order valence-electron chi connectivity index (χ4n) is 3.43. The minimum Gasteiger partial charge on any atom is -0.317 e. The van der Waals surface area contributed by atoms with Crippen LogP contribution in [0, 0.1) is 5.92 Å². The van der Waals surface area contributed by atoms with Gasteiger partial charge in [0.1, 0.15) is 0 Å². The topological polar surface area (TPSA) is 15.3 Å². The van der Waals surface area contributed by atoms with Crippen molar-refractivity contribution in [2.24, 2.45) is 5.92 Å². The van der Waals surface area contributed by atoms with Gasteiger partial charge in [-0.3, -0.25) is 0 Å². The van der Waals surface area contributed by atoms with Crippen LogP contribution < -0.4 is 5.32 Å². The fourth-order valence-corrected chi connectivity index (χ4v) is 3.43. The van der Waals surface area contributed by atoms with E-state index in [9.17, 15) is 0 Å². The predicted octanol–water partition coefficient (Wildman–Crippen LogP) is 3.72. The summed E-state index contributed by atoms with van der Waals surface area (Å²) in [4.78, 5) is 2.70. The first kappa shape index (κ1) is 16.5. The third-order valence-corrected chi connectivity index (χ3v) is 4.87. The second-order valence-electron chi connectivity index (χ2n) is 6.51. The molecule has 1 aromatic carbocycles. The van der Waals surface area contributed by atoms with Gasteiger partial charge in [0.05, 0.1) is 0 Å². The second kappa shape index (κ2) is 9.22. The summed E-state index contributed by atoms with van der Waals surface area (Å²) >= 11 is 0. The summed E-state index contributed by atoms with van der Waals surface area (Å²) in [6.07, 6.45) is 6.64. The van der Waals surface area contributed by atoms with Crippen LogP contribution in [-0.4, -0.2) is 37.1 Å². The molecule has 0 bridgehead atoms. The van der Waals surface area contributed by atoms with Gasteiger partial charge < -0.3 is 10.2 Å². The largest absolute Gasteiger partial charge is 0.317 e. The minimum absolute atomic E-state index is 0.751. The first-order valence-electron chi connectivity index (χ1n) is 8.78. The van der Waals surface area contributed by atoms with Gasteiger partial charge in [-0.2, -0.15) is 0 Å². The van der Waals surface area contributed by atoms with Crippen LogP contribution in [0.1, 0.15) is 45.1 Å². The van der Waals surface area contributed by atoms with Crippen LogP contribution in [0.4, 0.5) is 0 Å². The zero-order chi connectivity index (χ0) is 14.9. The van der Waals surface area contributed by atoms with Crippen LogP contribution in [0.5, 0.6) is 0 Å². The maximum atomic E-state index is 3.42. The van der Waals surface area contributed by atoms with Gasteiger partial charge in [0.25, 0.3) is 0 Å². The third kappa shape index (κ3) is 5.80. The van der Waals surface area contributed by atoms with Gasteiger partial charge in [0.2, 0.25) is 0 Å². The molecular formula is C19H32N2. The van der Waals surface area contributed by atoms with Crippen molar-refractivity contribution in [3.05, 3.63) is 35.9 Å². The molecule has 1 atom stereocenters. The number of benzene rings is 1. The summed E-state index contributed by atoms with van der Waals surface area (Å²) in [7, 11) is 0. The Labute approximate surface area is 130 Å². The molecule has 1 aromatic rings. The molecule has 0 saturated carbocycles. The highest BCUT2D eigenvalue weighted by Gasteiger charge is 2.22. The molecule has 0 radical (unpaired) electrons. The molecule has 2 nitrogen and oxygen atoms in total. The smallest absolute Gasteiger partial charge is 0.00674 e. The number of piperidine rings is 1. The number of rotatable bonds is 8. The second-order valence-corrected chi connectivity index (χ2v) is 6.51. The van der Waals surface area contributed by atoms with Crippen LogP contribution in [0.2, 0.25) is 0 Å². The van der Waals surface area contributed by atoms with Gasteiger partial charge in [-0.1, -0.05) is 37.3 Å². The van der Waals surface area contributed by atoms with E-state index in [1.807, 2.05) is 0 Å². The molecular weight excluding hydrogens is 256 g/mol. The molecule has 21 heavy (non-hydrogen) atoms. The Morgan fingerprint density at radius 2 is 1.90 bits per heavy atom. The van der Waals surface area contributed by atoms with Crippen LogP contribution >= 0.6 is 0 Å². The van der Waals surface area contributed by atoms with Gasteiger partial charge in [0.15, 0.2) is 0 Å². The molecule has 1 saturated heterocycles. The Hall–Kier alpha value is -0.860. The maximum absolute atomic E-state index is 3.42. The lowest BCUT2D eigenvalue weighted by atomic mass is 9.89. The van der Waals surface area contributed by atoms with Crippen LogP contribution in [0.25, 0.3) is 0 Å². The van der Waals surface area contributed by atoms with Gasteiger partial charge in [-0.25, -0.2) is 0 Å². The van der Waals surface area contributed by atoms with E-state index in [-0.39, 0.29) is 0 Å². The highest BCUT2D eigenvalue weighted by molar-refractivity contribution is 5.15. The molecule has 2 rings (SSSR count). The van der Waals surface area contributed by atoms with Crippen molar-refractivity contribution in [3.8, 4) is 0 Å². The first-order valence-corrected chi connectivity index (χ1v) is 8.78. The highest BCUT2D eigenvalue weighted by atomic mass is 15.2. The Balaban J connectivity index is 1.65. The quantitative estimate of drug-likeness (QED) is 0.733. The standard InChI is InChI=1S/C19H32N2/c1-3-20-13-7-8-17(2)21-14-11-19(12-15-21)16-18-9-5-4-6-10-18/h4-6,9-10,17,19-20H,3,7-8,11-16H2,1-2H3. The lowest BCUT2D eigenvalue weighted by Gasteiger charge is -2.36. The van der Waals surface area contributed by atoms with Gasteiger partial charge in [-0.05, 0) is 76.7 Å². The highest BCUT2D eigenvalue weighted by Crippen LogP contribution is 2.23. The molecule has 1 fully saturated rings. The number of nitrogens with one attached hydrogen (secondary N) is 1. The Morgan fingerprint density at radius 1 is 1.19 bits per heavy atom. The van der Waals surface area contributed by atoms with Crippen LogP contribution in [-0.2, 0) is 6.42 Å². The van der Waals surface area contributed by atoms with E-state index in [0.717, 1.165) is 18.5 Å². The lowest BCUT2D eigenvalue weighted by Crippen LogP contribution is -2.40. The molecule has 0 spiro atoms. The molecule has 1 heterocycles. The molecule has 0 aromatic heterocycles. The number of nitrogens with zero attached hydrogens (tertiary/aromatic N) is 1. The Kier molecular flexibility index (Phi) is 7.25. The van der Waals surface area contributed by atoms with E-state index >= 15 is 0 Å². The van der Waals surface area contributed by atoms with Crippen molar-refractivity contribution in [1.82, 2.24) is 10.2 Å². The van der Waals surface area contributed by atoms with Gasteiger partial charge in [0, 0.05) is 6.04 Å².